The maximum Gasteiger partial charge on any atom is 0.191 e. The minimum Gasteiger partial charge on any atom is -0.386 e. The molecule has 0 bridgehead atoms. The van der Waals surface area contributed by atoms with Crippen molar-refractivity contribution in [3.05, 3.63) is 56.7 Å². The van der Waals surface area contributed by atoms with Crippen molar-refractivity contribution in [1.29, 1.82) is 0 Å². The summed E-state index contributed by atoms with van der Waals surface area (Å²) >= 11 is 7.29. The quantitative estimate of drug-likeness (QED) is 0.286. The van der Waals surface area contributed by atoms with Gasteiger partial charge in [-0.15, -0.1) is 35.3 Å². The van der Waals surface area contributed by atoms with Crippen LogP contribution in [-0.4, -0.2) is 31.3 Å². The summed E-state index contributed by atoms with van der Waals surface area (Å²) in [6.07, 6.45) is -0.616. The summed E-state index contributed by atoms with van der Waals surface area (Å²) in [6.45, 7) is 4.29. The van der Waals surface area contributed by atoms with Crippen LogP contribution < -0.4 is 10.6 Å². The van der Waals surface area contributed by atoms with Gasteiger partial charge in [0.25, 0.3) is 0 Å². The number of hydrogen-bond acceptors (Lipinski definition) is 4. The van der Waals surface area contributed by atoms with Gasteiger partial charge >= 0.3 is 0 Å². The highest BCUT2D eigenvalue weighted by molar-refractivity contribution is 14.0. The number of benzene rings is 1. The van der Waals surface area contributed by atoms with Gasteiger partial charge in [0.2, 0.25) is 0 Å². The molecule has 0 radical (unpaired) electrons. The Labute approximate surface area is 180 Å². The highest BCUT2D eigenvalue weighted by atomic mass is 127. The largest absolute Gasteiger partial charge is 0.386 e. The average Bonchev–Trinajstić information content (AvgIpc) is 3.05. The second-order valence-electron chi connectivity index (χ2n) is 5.48. The van der Waals surface area contributed by atoms with E-state index in [-0.39, 0.29) is 24.0 Å². The Hall–Kier alpha value is -0.870. The lowest BCUT2D eigenvalue weighted by atomic mass is 10.1. The van der Waals surface area contributed by atoms with Crippen LogP contribution in [0.5, 0.6) is 0 Å². The molecule has 3 N–H and O–H groups in total. The molecular weight excluding hydrogens is 485 g/mol. The van der Waals surface area contributed by atoms with Crippen molar-refractivity contribution in [1.82, 2.24) is 10.6 Å². The number of aliphatic hydroxyl groups is 1. The first-order valence-electron chi connectivity index (χ1n) is 8.14. The number of aliphatic imine (C=N–C) groups is 1. The van der Waals surface area contributed by atoms with Gasteiger partial charge in [0.05, 0.1) is 17.5 Å². The molecule has 144 valence electrons. The fraction of sp³-hybridized carbons (Fsp3) is 0.389. The van der Waals surface area contributed by atoms with Gasteiger partial charge in [0.15, 0.2) is 5.96 Å². The summed E-state index contributed by atoms with van der Waals surface area (Å²) in [5.74, 6) is 0.671. The highest BCUT2D eigenvalue weighted by Gasteiger charge is 2.10. The second-order valence-corrected chi connectivity index (χ2v) is 7.23. The first-order chi connectivity index (χ1) is 12.1. The second kappa shape index (κ2) is 12.5. The van der Waals surface area contributed by atoms with Gasteiger partial charge in [-0.25, -0.2) is 4.99 Å². The van der Waals surface area contributed by atoms with Crippen molar-refractivity contribution in [3.8, 4) is 0 Å². The Morgan fingerprint density at radius 1 is 1.19 bits per heavy atom. The van der Waals surface area contributed by atoms with Crippen molar-refractivity contribution >= 4 is 52.9 Å². The first-order valence-corrected chi connectivity index (χ1v) is 9.34. The molecular formula is C18H25ClIN3O2S. The monoisotopic (exact) mass is 509 g/mol. The molecule has 0 saturated heterocycles. The van der Waals surface area contributed by atoms with E-state index in [0.717, 1.165) is 22.5 Å². The molecule has 2 aromatic rings. The Morgan fingerprint density at radius 3 is 2.46 bits per heavy atom. The number of aliphatic hydroxyl groups excluding tert-OH is 1. The maximum absolute atomic E-state index is 10.2. The molecule has 1 aromatic heterocycles. The van der Waals surface area contributed by atoms with Crippen molar-refractivity contribution in [2.45, 2.75) is 26.2 Å². The third-order valence-electron chi connectivity index (χ3n) is 3.48. The summed E-state index contributed by atoms with van der Waals surface area (Å²) in [4.78, 5) is 5.39. The minimum atomic E-state index is -0.616. The number of hydrogen-bond donors (Lipinski definition) is 3. The standard InChI is InChI=1S/C18H24ClN3O2S.HI/c1-3-20-18(22-11-15(23)16-8-9-17(19)25-16)21-10-13-4-6-14(7-5-13)12-24-2;/h4-9,15,23H,3,10-12H2,1-2H3,(H2,20,21,22);1H. The molecule has 2 rings (SSSR count). The van der Waals surface area contributed by atoms with E-state index in [9.17, 15) is 5.11 Å². The summed E-state index contributed by atoms with van der Waals surface area (Å²) in [5.41, 5.74) is 2.25. The van der Waals surface area contributed by atoms with Gasteiger partial charge in [-0.2, -0.15) is 0 Å². The van der Waals surface area contributed by atoms with E-state index >= 15 is 0 Å². The van der Waals surface area contributed by atoms with E-state index in [2.05, 4.69) is 15.6 Å². The molecule has 0 saturated carbocycles. The van der Waals surface area contributed by atoms with Crippen molar-refractivity contribution in [2.24, 2.45) is 4.99 Å². The summed E-state index contributed by atoms with van der Waals surface area (Å²) in [6, 6.07) is 11.8. The highest BCUT2D eigenvalue weighted by Crippen LogP contribution is 2.26. The van der Waals surface area contributed by atoms with Crippen LogP contribution in [0.2, 0.25) is 4.34 Å². The van der Waals surface area contributed by atoms with Crippen LogP contribution in [0.25, 0.3) is 0 Å². The molecule has 0 fully saturated rings. The molecule has 0 spiro atoms. The molecule has 1 aromatic carbocycles. The summed E-state index contributed by atoms with van der Waals surface area (Å²) in [7, 11) is 1.69. The van der Waals surface area contributed by atoms with Gasteiger partial charge in [0, 0.05) is 25.1 Å². The molecule has 1 heterocycles. The molecule has 0 aliphatic rings. The van der Waals surface area contributed by atoms with Gasteiger partial charge in [-0.05, 0) is 30.2 Å². The van der Waals surface area contributed by atoms with Gasteiger partial charge < -0.3 is 20.5 Å². The lowest BCUT2D eigenvalue weighted by Gasteiger charge is -2.14. The minimum absolute atomic E-state index is 0. The van der Waals surface area contributed by atoms with Crippen LogP contribution in [-0.2, 0) is 17.9 Å². The predicted octanol–water partition coefficient (Wildman–Crippen LogP) is 3.95. The predicted molar refractivity (Wildman–Crippen MR) is 120 cm³/mol. The number of methoxy groups -OCH3 is 1. The van der Waals surface area contributed by atoms with Crippen LogP contribution in [0.15, 0.2) is 41.4 Å². The molecule has 26 heavy (non-hydrogen) atoms. The van der Waals surface area contributed by atoms with Gasteiger partial charge in [-0.3, -0.25) is 0 Å². The zero-order valence-electron chi connectivity index (χ0n) is 14.9. The zero-order valence-corrected chi connectivity index (χ0v) is 18.8. The summed E-state index contributed by atoms with van der Waals surface area (Å²) in [5, 5.41) is 16.6. The van der Waals surface area contributed by atoms with Crippen LogP contribution in [0.3, 0.4) is 0 Å². The van der Waals surface area contributed by atoms with E-state index in [1.165, 1.54) is 11.3 Å². The maximum atomic E-state index is 10.2. The van der Waals surface area contributed by atoms with E-state index in [1.54, 1.807) is 13.2 Å². The molecule has 1 unspecified atom stereocenters. The third-order valence-corrected chi connectivity index (χ3v) is 4.82. The first kappa shape index (κ1) is 23.2. The Bertz CT molecular complexity index is 679. The Balaban J connectivity index is 0.00000338. The number of nitrogens with zero attached hydrogens (tertiary/aromatic N) is 1. The van der Waals surface area contributed by atoms with Crippen molar-refractivity contribution < 1.29 is 9.84 Å². The fourth-order valence-electron chi connectivity index (χ4n) is 2.22. The molecule has 0 aliphatic heterocycles. The summed E-state index contributed by atoms with van der Waals surface area (Å²) < 4.78 is 5.78. The molecule has 0 aliphatic carbocycles. The molecule has 5 nitrogen and oxygen atoms in total. The van der Waals surface area contributed by atoms with E-state index in [1.807, 2.05) is 37.3 Å². The number of guanidine groups is 1. The number of halogens is 2. The van der Waals surface area contributed by atoms with Crippen LogP contribution in [0.1, 0.15) is 29.0 Å². The van der Waals surface area contributed by atoms with Crippen LogP contribution in [0, 0.1) is 0 Å². The molecule has 0 amide bonds. The smallest absolute Gasteiger partial charge is 0.191 e. The zero-order chi connectivity index (χ0) is 18.1. The SMILES string of the molecule is CCNC(=NCc1ccc(COC)cc1)NCC(O)c1ccc(Cl)s1.I. The topological polar surface area (TPSA) is 65.9 Å². The Kier molecular flexibility index (Phi) is 11.1. The van der Waals surface area contributed by atoms with Crippen LogP contribution in [0.4, 0.5) is 0 Å². The molecule has 8 heteroatoms. The van der Waals surface area contributed by atoms with Crippen LogP contribution >= 0.6 is 46.9 Å². The Morgan fingerprint density at radius 2 is 1.88 bits per heavy atom. The average molecular weight is 510 g/mol. The number of thiophene rings is 1. The number of rotatable bonds is 8. The normalized spacial score (nSPS) is 12.4. The van der Waals surface area contributed by atoms with Gasteiger partial charge in [-0.1, -0.05) is 35.9 Å². The number of nitrogens with one attached hydrogen (secondary N) is 2. The lowest BCUT2D eigenvalue weighted by molar-refractivity contribution is 0.184. The number of ether oxygens (including phenoxy) is 1. The van der Waals surface area contributed by atoms with E-state index in [4.69, 9.17) is 16.3 Å². The van der Waals surface area contributed by atoms with Crippen molar-refractivity contribution in [3.63, 3.8) is 0 Å². The van der Waals surface area contributed by atoms with E-state index in [0.29, 0.717) is 30.0 Å². The van der Waals surface area contributed by atoms with Crippen molar-refractivity contribution in [2.75, 3.05) is 20.2 Å². The fourth-order valence-corrected chi connectivity index (χ4v) is 3.27. The third kappa shape index (κ3) is 7.79. The van der Waals surface area contributed by atoms with Gasteiger partial charge in [0.1, 0.15) is 6.10 Å². The van der Waals surface area contributed by atoms with E-state index < -0.39 is 6.10 Å². The molecule has 1 atom stereocenters. The lowest BCUT2D eigenvalue weighted by Crippen LogP contribution is -2.39.